The molecule has 0 saturated carbocycles. The van der Waals surface area contributed by atoms with Crippen LogP contribution in [0.5, 0.6) is 5.75 Å². The third-order valence-electron chi connectivity index (χ3n) is 4.13. The molecule has 7 heteroatoms. The number of carbonyl (C=O) groups is 1. The van der Waals surface area contributed by atoms with Crippen LogP contribution in [0, 0.1) is 0 Å². The van der Waals surface area contributed by atoms with E-state index in [0.29, 0.717) is 12.1 Å². The largest absolute Gasteiger partial charge is 0.497 e. The van der Waals surface area contributed by atoms with Crippen molar-refractivity contribution in [3.8, 4) is 17.0 Å². The summed E-state index contributed by atoms with van der Waals surface area (Å²) in [5, 5.41) is 15.2. The molecule has 0 atom stereocenters. The predicted molar refractivity (Wildman–Crippen MR) is 102 cm³/mol. The van der Waals surface area contributed by atoms with Gasteiger partial charge in [0.15, 0.2) is 5.65 Å². The smallest absolute Gasteiger partial charge is 0.228 e. The molecule has 2 aromatic heterocycles. The van der Waals surface area contributed by atoms with E-state index >= 15 is 0 Å². The molecular weight excluding hydrogens is 342 g/mol. The molecule has 4 aromatic rings. The Morgan fingerprint density at radius 3 is 2.78 bits per heavy atom. The number of amides is 1. The number of hydrogen-bond donors (Lipinski definition) is 1. The van der Waals surface area contributed by atoms with Crippen LogP contribution in [-0.4, -0.2) is 32.8 Å². The fraction of sp³-hybridized carbons (Fsp3) is 0.100. The lowest BCUT2D eigenvalue weighted by Crippen LogP contribution is -2.14. The number of methoxy groups -OCH3 is 1. The maximum absolute atomic E-state index is 12.3. The molecule has 1 N–H and O–H groups in total. The van der Waals surface area contributed by atoms with Gasteiger partial charge in [0.2, 0.25) is 5.91 Å². The Morgan fingerprint density at radius 2 is 1.96 bits per heavy atom. The summed E-state index contributed by atoms with van der Waals surface area (Å²) < 4.78 is 6.75. The molecule has 0 fully saturated rings. The summed E-state index contributed by atoms with van der Waals surface area (Å²) in [5.74, 6) is 0.684. The van der Waals surface area contributed by atoms with Gasteiger partial charge in [0.05, 0.1) is 19.2 Å². The van der Waals surface area contributed by atoms with Gasteiger partial charge >= 0.3 is 0 Å². The third-order valence-corrected chi connectivity index (χ3v) is 4.13. The summed E-state index contributed by atoms with van der Waals surface area (Å²) >= 11 is 0. The Kier molecular flexibility index (Phi) is 4.49. The molecular formula is C20H17N5O2. The lowest BCUT2D eigenvalue weighted by Gasteiger charge is -2.08. The van der Waals surface area contributed by atoms with Crippen molar-refractivity contribution in [2.24, 2.45) is 0 Å². The summed E-state index contributed by atoms with van der Waals surface area (Å²) in [6, 6.07) is 18.8. The molecule has 7 nitrogen and oxygen atoms in total. The zero-order chi connectivity index (χ0) is 18.6. The Hall–Kier alpha value is -3.74. The summed E-state index contributed by atoms with van der Waals surface area (Å²) in [5.41, 5.74) is 3.99. The zero-order valence-electron chi connectivity index (χ0n) is 14.7. The number of nitrogens with one attached hydrogen (secondary N) is 1. The molecule has 0 aliphatic carbocycles. The molecule has 0 aliphatic heterocycles. The van der Waals surface area contributed by atoms with Gasteiger partial charge in [-0.05, 0) is 42.0 Å². The summed E-state index contributed by atoms with van der Waals surface area (Å²) in [7, 11) is 1.62. The number of nitrogens with zero attached hydrogens (tertiary/aromatic N) is 4. The molecule has 0 bridgehead atoms. The van der Waals surface area contributed by atoms with Gasteiger partial charge in [-0.3, -0.25) is 4.79 Å². The maximum atomic E-state index is 12.3. The van der Waals surface area contributed by atoms with Crippen LogP contribution in [0.3, 0.4) is 0 Å². The Morgan fingerprint density at radius 1 is 1.11 bits per heavy atom. The highest BCUT2D eigenvalue weighted by atomic mass is 16.5. The van der Waals surface area contributed by atoms with Crippen LogP contribution >= 0.6 is 0 Å². The van der Waals surface area contributed by atoms with Crippen LogP contribution in [-0.2, 0) is 11.2 Å². The van der Waals surface area contributed by atoms with Gasteiger partial charge in [0.25, 0.3) is 0 Å². The SMILES string of the molecule is COc1ccc(CC(=O)Nc2cccc(-c3ccc4nncn4n3)c2)cc1. The fourth-order valence-corrected chi connectivity index (χ4v) is 2.77. The molecule has 4 rings (SSSR count). The number of carbonyl (C=O) groups excluding carboxylic acids is 1. The van der Waals surface area contributed by atoms with Gasteiger partial charge in [0.1, 0.15) is 12.1 Å². The molecule has 0 spiro atoms. The van der Waals surface area contributed by atoms with Gasteiger partial charge in [-0.25, -0.2) is 0 Å². The highest BCUT2D eigenvalue weighted by molar-refractivity contribution is 5.92. The number of benzene rings is 2. The van der Waals surface area contributed by atoms with E-state index in [0.717, 1.165) is 28.3 Å². The first-order valence-corrected chi connectivity index (χ1v) is 8.41. The van der Waals surface area contributed by atoms with Crippen LogP contribution in [0.1, 0.15) is 5.56 Å². The highest BCUT2D eigenvalue weighted by Gasteiger charge is 2.07. The van der Waals surface area contributed by atoms with Gasteiger partial charge in [-0.1, -0.05) is 24.3 Å². The van der Waals surface area contributed by atoms with Crippen molar-refractivity contribution in [2.75, 3.05) is 12.4 Å². The van der Waals surface area contributed by atoms with Crippen molar-refractivity contribution in [1.29, 1.82) is 0 Å². The molecule has 0 aliphatic rings. The minimum atomic E-state index is -0.0838. The van der Waals surface area contributed by atoms with Crippen molar-refractivity contribution in [3.05, 3.63) is 72.6 Å². The van der Waals surface area contributed by atoms with E-state index in [2.05, 4.69) is 20.6 Å². The van der Waals surface area contributed by atoms with Gasteiger partial charge < -0.3 is 10.1 Å². The van der Waals surface area contributed by atoms with Crippen molar-refractivity contribution in [2.45, 2.75) is 6.42 Å². The standard InChI is InChI=1S/C20H17N5O2/c1-27-17-7-5-14(6-8-17)11-20(26)22-16-4-2-3-15(12-16)18-9-10-19-23-21-13-25(19)24-18/h2-10,12-13H,11H2,1H3,(H,22,26). The zero-order valence-corrected chi connectivity index (χ0v) is 14.7. The fourth-order valence-electron chi connectivity index (χ4n) is 2.77. The van der Waals surface area contributed by atoms with E-state index < -0.39 is 0 Å². The number of anilines is 1. The molecule has 0 radical (unpaired) electrons. The second kappa shape index (κ2) is 7.25. The summed E-state index contributed by atoms with van der Waals surface area (Å²) in [6.45, 7) is 0. The van der Waals surface area contributed by atoms with Crippen LogP contribution in [0.2, 0.25) is 0 Å². The summed E-state index contributed by atoms with van der Waals surface area (Å²) in [4.78, 5) is 12.3. The first kappa shape index (κ1) is 16.7. The van der Waals surface area contributed by atoms with E-state index in [1.165, 1.54) is 0 Å². The van der Waals surface area contributed by atoms with E-state index in [1.807, 2.05) is 60.7 Å². The molecule has 134 valence electrons. The Bertz CT molecular complexity index is 1090. The van der Waals surface area contributed by atoms with Gasteiger partial charge in [-0.15, -0.1) is 10.2 Å². The number of aromatic nitrogens is 4. The van der Waals surface area contributed by atoms with E-state index in [1.54, 1.807) is 18.0 Å². The number of fused-ring (bicyclic) bond motifs is 1. The predicted octanol–water partition coefficient (Wildman–Crippen LogP) is 2.98. The van der Waals surface area contributed by atoms with Crippen LogP contribution in [0.15, 0.2) is 67.0 Å². The average Bonchev–Trinajstić information content (AvgIpc) is 3.16. The minimum Gasteiger partial charge on any atom is -0.497 e. The van der Waals surface area contributed by atoms with Gasteiger partial charge in [0, 0.05) is 11.3 Å². The highest BCUT2D eigenvalue weighted by Crippen LogP contribution is 2.21. The third kappa shape index (κ3) is 3.77. The average molecular weight is 359 g/mol. The molecule has 0 saturated heterocycles. The first-order valence-electron chi connectivity index (χ1n) is 8.41. The lowest BCUT2D eigenvalue weighted by atomic mass is 10.1. The quantitative estimate of drug-likeness (QED) is 0.592. The number of rotatable bonds is 5. The van der Waals surface area contributed by atoms with E-state index in [9.17, 15) is 4.79 Å². The van der Waals surface area contributed by atoms with Crippen LogP contribution in [0.4, 0.5) is 5.69 Å². The minimum absolute atomic E-state index is 0.0838. The van der Waals surface area contributed by atoms with Crippen molar-refractivity contribution >= 4 is 17.2 Å². The Labute approximate surface area is 155 Å². The molecule has 0 unspecified atom stereocenters. The number of hydrogen-bond acceptors (Lipinski definition) is 5. The molecule has 2 heterocycles. The second-order valence-electron chi connectivity index (χ2n) is 6.01. The van der Waals surface area contributed by atoms with Crippen LogP contribution < -0.4 is 10.1 Å². The molecule has 2 aromatic carbocycles. The number of ether oxygens (including phenoxy) is 1. The molecule has 1 amide bonds. The second-order valence-corrected chi connectivity index (χ2v) is 6.01. The van der Waals surface area contributed by atoms with E-state index in [4.69, 9.17) is 4.74 Å². The van der Waals surface area contributed by atoms with Crippen LogP contribution in [0.25, 0.3) is 16.9 Å². The Balaban J connectivity index is 1.49. The maximum Gasteiger partial charge on any atom is 0.228 e. The first-order chi connectivity index (χ1) is 13.2. The van der Waals surface area contributed by atoms with Crippen molar-refractivity contribution < 1.29 is 9.53 Å². The van der Waals surface area contributed by atoms with Gasteiger partial charge in [-0.2, -0.15) is 9.61 Å². The summed E-state index contributed by atoms with van der Waals surface area (Å²) in [6.07, 6.45) is 1.85. The normalized spacial score (nSPS) is 10.7. The topological polar surface area (TPSA) is 81.4 Å². The van der Waals surface area contributed by atoms with Crippen molar-refractivity contribution in [3.63, 3.8) is 0 Å². The van der Waals surface area contributed by atoms with E-state index in [-0.39, 0.29) is 5.91 Å². The molecule has 27 heavy (non-hydrogen) atoms. The monoisotopic (exact) mass is 359 g/mol. The van der Waals surface area contributed by atoms with Crippen molar-refractivity contribution in [1.82, 2.24) is 19.8 Å². The lowest BCUT2D eigenvalue weighted by molar-refractivity contribution is -0.115.